The molecule has 0 aromatic carbocycles. The van der Waals surface area contributed by atoms with E-state index in [0.717, 1.165) is 5.56 Å². The normalized spacial score (nSPS) is 11.7. The highest BCUT2D eigenvalue weighted by molar-refractivity contribution is 7.99. The molecule has 13 heavy (non-hydrogen) atoms. The summed E-state index contributed by atoms with van der Waals surface area (Å²) in [5.74, 6) is -0.948. The maximum atomic E-state index is 11.7. The van der Waals surface area contributed by atoms with Gasteiger partial charge < -0.3 is 0 Å². The van der Waals surface area contributed by atoms with Crippen molar-refractivity contribution in [3.8, 4) is 0 Å². The molecular formula is C7H7F3N2S. The molecule has 0 aliphatic rings. The Morgan fingerprint density at radius 1 is 1.31 bits per heavy atom. The van der Waals surface area contributed by atoms with Crippen molar-refractivity contribution in [2.24, 2.45) is 0 Å². The molecule has 1 aromatic rings. The molecule has 0 bridgehead atoms. The first-order chi connectivity index (χ1) is 5.97. The van der Waals surface area contributed by atoms with Crippen LogP contribution >= 0.6 is 11.8 Å². The molecule has 0 N–H and O–H groups in total. The van der Waals surface area contributed by atoms with Crippen molar-refractivity contribution in [1.29, 1.82) is 0 Å². The fraction of sp³-hybridized carbons (Fsp3) is 0.429. The fourth-order valence-electron chi connectivity index (χ4n) is 0.602. The number of thioether (sulfide) groups is 1. The van der Waals surface area contributed by atoms with Gasteiger partial charge in [0.1, 0.15) is 0 Å². The van der Waals surface area contributed by atoms with Crippen LogP contribution in [0.5, 0.6) is 0 Å². The standard InChI is InChI=1S/C7H7F3N2S/c1-5-2-11-6(12-3-5)13-4-7(8,9)10/h2-3H,4H2,1H3. The zero-order valence-corrected chi connectivity index (χ0v) is 7.61. The highest BCUT2D eigenvalue weighted by Gasteiger charge is 2.27. The summed E-state index contributed by atoms with van der Waals surface area (Å²) in [6.45, 7) is 1.78. The Balaban J connectivity index is 2.51. The molecule has 0 radical (unpaired) electrons. The van der Waals surface area contributed by atoms with E-state index >= 15 is 0 Å². The predicted molar refractivity (Wildman–Crippen MR) is 43.5 cm³/mol. The lowest BCUT2D eigenvalue weighted by molar-refractivity contribution is -0.105. The van der Waals surface area contributed by atoms with Crippen LogP contribution in [-0.4, -0.2) is 21.9 Å². The molecule has 0 atom stereocenters. The van der Waals surface area contributed by atoms with E-state index in [1.165, 1.54) is 12.4 Å². The third kappa shape index (κ3) is 4.12. The van der Waals surface area contributed by atoms with E-state index in [2.05, 4.69) is 9.97 Å². The SMILES string of the molecule is Cc1cnc(SCC(F)(F)F)nc1. The Hall–Kier alpha value is -0.780. The van der Waals surface area contributed by atoms with E-state index in [-0.39, 0.29) is 5.16 Å². The number of aromatic nitrogens is 2. The molecule has 2 nitrogen and oxygen atoms in total. The zero-order chi connectivity index (χ0) is 9.90. The average Bonchev–Trinajstić information content (AvgIpc) is 2.02. The number of rotatable bonds is 2. The van der Waals surface area contributed by atoms with Gasteiger partial charge in [0.2, 0.25) is 0 Å². The number of alkyl halides is 3. The maximum absolute atomic E-state index is 11.7. The van der Waals surface area contributed by atoms with Crippen LogP contribution in [0.4, 0.5) is 13.2 Å². The summed E-state index contributed by atoms with van der Waals surface area (Å²) in [6, 6.07) is 0. The summed E-state index contributed by atoms with van der Waals surface area (Å²) in [5.41, 5.74) is 0.830. The lowest BCUT2D eigenvalue weighted by Crippen LogP contribution is -2.11. The van der Waals surface area contributed by atoms with Crippen molar-refractivity contribution in [3.05, 3.63) is 18.0 Å². The van der Waals surface area contributed by atoms with E-state index in [0.29, 0.717) is 11.8 Å². The van der Waals surface area contributed by atoms with Crippen LogP contribution in [0.1, 0.15) is 5.56 Å². The smallest absolute Gasteiger partial charge is 0.231 e. The summed E-state index contributed by atoms with van der Waals surface area (Å²) in [4.78, 5) is 7.47. The van der Waals surface area contributed by atoms with Crippen molar-refractivity contribution < 1.29 is 13.2 Å². The van der Waals surface area contributed by atoms with Gasteiger partial charge in [0.05, 0.1) is 5.75 Å². The van der Waals surface area contributed by atoms with Crippen LogP contribution in [0.15, 0.2) is 17.6 Å². The van der Waals surface area contributed by atoms with E-state index in [1.807, 2.05) is 0 Å². The first kappa shape index (κ1) is 10.3. The van der Waals surface area contributed by atoms with Gasteiger partial charge in [-0.2, -0.15) is 13.2 Å². The Morgan fingerprint density at radius 3 is 2.31 bits per heavy atom. The Labute approximate surface area is 77.6 Å². The molecule has 0 aliphatic carbocycles. The van der Waals surface area contributed by atoms with Crippen molar-refractivity contribution >= 4 is 11.8 Å². The summed E-state index contributed by atoms with van der Waals surface area (Å²) in [5, 5.41) is 0.155. The lowest BCUT2D eigenvalue weighted by Gasteiger charge is -2.03. The predicted octanol–water partition coefficient (Wildman–Crippen LogP) is 2.44. The Morgan fingerprint density at radius 2 is 1.85 bits per heavy atom. The largest absolute Gasteiger partial charge is 0.398 e. The summed E-state index contributed by atoms with van der Waals surface area (Å²) in [7, 11) is 0. The number of hydrogen-bond donors (Lipinski definition) is 0. The third-order valence-corrected chi connectivity index (χ3v) is 2.06. The quantitative estimate of drug-likeness (QED) is 0.551. The van der Waals surface area contributed by atoms with Gasteiger partial charge >= 0.3 is 6.18 Å². The van der Waals surface area contributed by atoms with Crippen LogP contribution in [0.2, 0.25) is 0 Å². The van der Waals surface area contributed by atoms with Gasteiger partial charge in [-0.15, -0.1) is 0 Å². The monoisotopic (exact) mass is 208 g/mol. The van der Waals surface area contributed by atoms with Crippen LogP contribution in [0, 0.1) is 6.92 Å². The summed E-state index contributed by atoms with van der Waals surface area (Å²) < 4.78 is 35.2. The second kappa shape index (κ2) is 3.95. The van der Waals surface area contributed by atoms with Crippen LogP contribution in [0.25, 0.3) is 0 Å². The molecule has 72 valence electrons. The molecule has 1 heterocycles. The van der Waals surface area contributed by atoms with E-state index in [1.54, 1.807) is 6.92 Å². The second-order valence-electron chi connectivity index (χ2n) is 2.45. The molecule has 0 unspecified atom stereocenters. The van der Waals surface area contributed by atoms with Crippen molar-refractivity contribution in [2.45, 2.75) is 18.3 Å². The first-order valence-corrected chi connectivity index (χ1v) is 4.44. The molecule has 0 aliphatic heterocycles. The fourth-order valence-corrected chi connectivity index (χ4v) is 1.15. The number of hydrogen-bond acceptors (Lipinski definition) is 3. The molecule has 1 aromatic heterocycles. The van der Waals surface area contributed by atoms with E-state index in [4.69, 9.17) is 0 Å². The van der Waals surface area contributed by atoms with Gasteiger partial charge in [-0.25, -0.2) is 9.97 Å². The molecular weight excluding hydrogens is 201 g/mol. The van der Waals surface area contributed by atoms with E-state index < -0.39 is 11.9 Å². The number of nitrogens with zero attached hydrogens (tertiary/aromatic N) is 2. The van der Waals surface area contributed by atoms with Gasteiger partial charge in [0.15, 0.2) is 5.16 Å². The maximum Gasteiger partial charge on any atom is 0.398 e. The zero-order valence-electron chi connectivity index (χ0n) is 6.80. The first-order valence-electron chi connectivity index (χ1n) is 3.45. The topological polar surface area (TPSA) is 25.8 Å². The second-order valence-corrected chi connectivity index (χ2v) is 3.39. The Kier molecular flexibility index (Phi) is 3.13. The number of halogens is 3. The molecule has 0 amide bonds. The highest BCUT2D eigenvalue weighted by Crippen LogP contribution is 2.24. The van der Waals surface area contributed by atoms with Gasteiger partial charge in [-0.3, -0.25) is 0 Å². The minimum absolute atomic E-state index is 0.155. The molecule has 0 saturated heterocycles. The van der Waals surface area contributed by atoms with Crippen LogP contribution in [-0.2, 0) is 0 Å². The lowest BCUT2D eigenvalue weighted by atomic mass is 10.4. The number of aryl methyl sites for hydroxylation is 1. The van der Waals surface area contributed by atoms with Gasteiger partial charge in [0.25, 0.3) is 0 Å². The summed E-state index contributed by atoms with van der Waals surface area (Å²) in [6.07, 6.45) is -1.18. The van der Waals surface area contributed by atoms with Crippen molar-refractivity contribution in [1.82, 2.24) is 9.97 Å². The van der Waals surface area contributed by atoms with Crippen molar-refractivity contribution in [2.75, 3.05) is 5.75 Å². The minimum atomic E-state index is -4.17. The minimum Gasteiger partial charge on any atom is -0.231 e. The van der Waals surface area contributed by atoms with Gasteiger partial charge in [-0.05, 0) is 12.5 Å². The van der Waals surface area contributed by atoms with E-state index in [9.17, 15) is 13.2 Å². The molecule has 0 spiro atoms. The van der Waals surface area contributed by atoms with Crippen LogP contribution < -0.4 is 0 Å². The average molecular weight is 208 g/mol. The van der Waals surface area contributed by atoms with Crippen LogP contribution in [0.3, 0.4) is 0 Å². The molecule has 6 heteroatoms. The highest BCUT2D eigenvalue weighted by atomic mass is 32.2. The van der Waals surface area contributed by atoms with Gasteiger partial charge in [0, 0.05) is 12.4 Å². The molecule has 0 saturated carbocycles. The molecule has 0 fully saturated rings. The van der Waals surface area contributed by atoms with Gasteiger partial charge in [-0.1, -0.05) is 11.8 Å². The van der Waals surface area contributed by atoms with Crippen molar-refractivity contribution in [3.63, 3.8) is 0 Å². The third-order valence-electron chi connectivity index (χ3n) is 1.12. The Bertz CT molecular complexity index is 270. The summed E-state index contributed by atoms with van der Waals surface area (Å²) >= 11 is 0.589. The molecule has 1 rings (SSSR count).